The van der Waals surface area contributed by atoms with Gasteiger partial charge in [0, 0.05) is 29.3 Å². The molecule has 136 valence electrons. The van der Waals surface area contributed by atoms with Crippen molar-refractivity contribution in [2.45, 2.75) is 45.1 Å². The van der Waals surface area contributed by atoms with E-state index in [1.807, 2.05) is 35.2 Å². The fourth-order valence-corrected chi connectivity index (χ4v) is 4.40. The van der Waals surface area contributed by atoms with Crippen molar-refractivity contribution in [3.8, 4) is 0 Å². The van der Waals surface area contributed by atoms with Gasteiger partial charge in [-0.05, 0) is 49.6 Å². The van der Waals surface area contributed by atoms with Crippen molar-refractivity contribution in [1.29, 1.82) is 0 Å². The highest BCUT2D eigenvalue weighted by Crippen LogP contribution is 2.51. The van der Waals surface area contributed by atoms with E-state index < -0.39 is 6.09 Å². The monoisotopic (exact) mass is 352 g/mol. The lowest BCUT2D eigenvalue weighted by Crippen LogP contribution is -2.55. The molecule has 0 fully saturated rings. The molecule has 2 amide bonds. The lowest BCUT2D eigenvalue weighted by molar-refractivity contribution is -0.117. The van der Waals surface area contributed by atoms with Crippen LogP contribution in [0.3, 0.4) is 0 Å². The smallest absolute Gasteiger partial charge is 0.409 e. The molecule has 2 aromatic carbocycles. The van der Waals surface area contributed by atoms with Gasteiger partial charge < -0.3 is 10.0 Å². The minimum Gasteiger partial charge on any atom is -0.465 e. The first-order valence-electron chi connectivity index (χ1n) is 8.66. The number of hydrogen-bond acceptors (Lipinski definition) is 2. The van der Waals surface area contributed by atoms with Crippen LogP contribution in [-0.2, 0) is 10.2 Å². The van der Waals surface area contributed by atoms with Crippen LogP contribution in [0.4, 0.5) is 16.2 Å². The molecule has 5 heteroatoms. The molecule has 0 aromatic heterocycles. The van der Waals surface area contributed by atoms with Crippen LogP contribution in [0.2, 0.25) is 0 Å². The van der Waals surface area contributed by atoms with Crippen LogP contribution in [0.1, 0.15) is 45.2 Å². The fraction of sp³-hybridized carbons (Fsp3) is 0.333. The van der Waals surface area contributed by atoms with Crippen LogP contribution in [0.15, 0.2) is 48.5 Å². The second kappa shape index (κ2) is 6.16. The van der Waals surface area contributed by atoms with Crippen LogP contribution in [0.5, 0.6) is 0 Å². The standard InChI is InChI=1S/C21H24N2O3/c1-14(24)23-18-11-10-16(22-19(25)26)12-17(18)21(4,13-20(23,2)3)15-8-6-5-7-9-15/h5-12,22H,13H2,1-4H3,(H,25,26). The lowest BCUT2D eigenvalue weighted by atomic mass is 9.65. The van der Waals surface area contributed by atoms with Crippen molar-refractivity contribution >= 4 is 23.4 Å². The van der Waals surface area contributed by atoms with Crippen LogP contribution in [0.25, 0.3) is 0 Å². The Kier molecular flexibility index (Phi) is 4.26. The highest BCUT2D eigenvalue weighted by atomic mass is 16.4. The molecule has 1 aliphatic rings. The largest absolute Gasteiger partial charge is 0.465 e. The van der Waals surface area contributed by atoms with Gasteiger partial charge in [0.2, 0.25) is 5.91 Å². The van der Waals surface area contributed by atoms with E-state index in [9.17, 15) is 9.59 Å². The Bertz CT molecular complexity index is 861. The Hall–Kier alpha value is -2.82. The van der Waals surface area contributed by atoms with Gasteiger partial charge in [-0.15, -0.1) is 0 Å². The highest BCUT2D eigenvalue weighted by Gasteiger charge is 2.47. The molecule has 0 spiro atoms. The van der Waals surface area contributed by atoms with E-state index in [0.717, 1.165) is 23.2 Å². The second-order valence-electron chi connectivity index (χ2n) is 7.70. The fourth-order valence-electron chi connectivity index (χ4n) is 4.40. The van der Waals surface area contributed by atoms with Crippen molar-refractivity contribution in [3.63, 3.8) is 0 Å². The van der Waals surface area contributed by atoms with Gasteiger partial charge in [-0.25, -0.2) is 4.79 Å². The molecule has 1 unspecified atom stereocenters. The first kappa shape index (κ1) is 18.0. The van der Waals surface area contributed by atoms with E-state index >= 15 is 0 Å². The molecule has 0 bridgehead atoms. The number of carbonyl (C=O) groups is 2. The quantitative estimate of drug-likeness (QED) is 0.829. The van der Waals surface area contributed by atoms with E-state index in [-0.39, 0.29) is 16.9 Å². The van der Waals surface area contributed by atoms with Crippen LogP contribution in [-0.4, -0.2) is 22.6 Å². The third-order valence-electron chi connectivity index (χ3n) is 5.20. The van der Waals surface area contributed by atoms with Crippen LogP contribution < -0.4 is 10.2 Å². The maximum atomic E-state index is 12.4. The normalized spacial score (nSPS) is 21.0. The zero-order valence-corrected chi connectivity index (χ0v) is 15.5. The third kappa shape index (κ3) is 2.94. The predicted octanol–water partition coefficient (Wildman–Crippen LogP) is 4.62. The van der Waals surface area contributed by atoms with Gasteiger partial charge in [-0.2, -0.15) is 0 Å². The van der Waals surface area contributed by atoms with Gasteiger partial charge >= 0.3 is 6.09 Å². The van der Waals surface area contributed by atoms with Gasteiger partial charge in [0.1, 0.15) is 0 Å². The summed E-state index contributed by atoms with van der Waals surface area (Å²) in [6.45, 7) is 7.87. The van der Waals surface area contributed by atoms with E-state index in [0.29, 0.717) is 5.69 Å². The van der Waals surface area contributed by atoms with Crippen molar-refractivity contribution in [2.75, 3.05) is 10.2 Å². The van der Waals surface area contributed by atoms with Crippen LogP contribution >= 0.6 is 0 Å². The maximum absolute atomic E-state index is 12.4. The molecule has 0 radical (unpaired) electrons. The Balaban J connectivity index is 2.27. The van der Waals surface area contributed by atoms with E-state index in [1.165, 1.54) is 0 Å². The molecule has 0 aliphatic carbocycles. The summed E-state index contributed by atoms with van der Waals surface area (Å²) in [5.74, 6) is -0.0229. The average Bonchev–Trinajstić information content (AvgIpc) is 2.54. The summed E-state index contributed by atoms with van der Waals surface area (Å²) in [7, 11) is 0. The number of hydrogen-bond donors (Lipinski definition) is 2. The Morgan fingerprint density at radius 3 is 2.31 bits per heavy atom. The third-order valence-corrected chi connectivity index (χ3v) is 5.20. The second-order valence-corrected chi connectivity index (χ2v) is 7.70. The SMILES string of the molecule is CC(=O)N1c2ccc(NC(=O)O)cc2C(C)(c2ccccc2)CC1(C)C. The molecule has 26 heavy (non-hydrogen) atoms. The molecule has 5 nitrogen and oxygen atoms in total. The van der Waals surface area contributed by atoms with Crippen molar-refractivity contribution in [3.05, 3.63) is 59.7 Å². The molecular formula is C21H24N2O3. The zero-order valence-electron chi connectivity index (χ0n) is 15.5. The minimum absolute atomic E-state index is 0.0229. The summed E-state index contributed by atoms with van der Waals surface area (Å²) in [5, 5.41) is 11.5. The summed E-state index contributed by atoms with van der Waals surface area (Å²) >= 11 is 0. The molecule has 3 rings (SSSR count). The number of carboxylic acid groups (broad SMARTS) is 1. The zero-order chi connectivity index (χ0) is 19.1. The van der Waals surface area contributed by atoms with E-state index in [2.05, 4.69) is 38.2 Å². The number of fused-ring (bicyclic) bond motifs is 1. The number of amides is 2. The van der Waals surface area contributed by atoms with Gasteiger partial charge in [0.15, 0.2) is 0 Å². The van der Waals surface area contributed by atoms with Gasteiger partial charge in [0.25, 0.3) is 0 Å². The number of benzene rings is 2. The minimum atomic E-state index is -1.11. The Morgan fingerprint density at radius 1 is 1.08 bits per heavy atom. The maximum Gasteiger partial charge on any atom is 0.409 e. The number of rotatable bonds is 2. The van der Waals surface area contributed by atoms with Gasteiger partial charge in [-0.3, -0.25) is 10.1 Å². The summed E-state index contributed by atoms with van der Waals surface area (Å²) in [6.07, 6.45) is -0.376. The number of nitrogens with one attached hydrogen (secondary N) is 1. The Morgan fingerprint density at radius 2 is 1.73 bits per heavy atom. The topological polar surface area (TPSA) is 69.6 Å². The molecular weight excluding hydrogens is 328 g/mol. The van der Waals surface area contributed by atoms with E-state index in [1.54, 1.807) is 13.0 Å². The summed E-state index contributed by atoms with van der Waals surface area (Å²) < 4.78 is 0. The van der Waals surface area contributed by atoms with Gasteiger partial charge in [0.05, 0.1) is 0 Å². The highest BCUT2D eigenvalue weighted by molar-refractivity contribution is 5.96. The molecule has 2 N–H and O–H groups in total. The molecule has 1 aliphatic heterocycles. The average molecular weight is 352 g/mol. The Labute approximate surface area is 153 Å². The van der Waals surface area contributed by atoms with Gasteiger partial charge in [-0.1, -0.05) is 37.3 Å². The summed E-state index contributed by atoms with van der Waals surface area (Å²) in [4.78, 5) is 25.3. The van der Waals surface area contributed by atoms with Crippen LogP contribution in [0, 0.1) is 0 Å². The number of nitrogens with zero attached hydrogens (tertiary/aromatic N) is 1. The van der Waals surface area contributed by atoms with Crippen molar-refractivity contribution < 1.29 is 14.7 Å². The van der Waals surface area contributed by atoms with Crippen molar-refractivity contribution in [2.24, 2.45) is 0 Å². The number of carbonyl (C=O) groups excluding carboxylic acids is 1. The van der Waals surface area contributed by atoms with E-state index in [4.69, 9.17) is 5.11 Å². The number of anilines is 2. The summed E-state index contributed by atoms with van der Waals surface area (Å²) in [5.41, 5.74) is 2.71. The molecule has 0 saturated heterocycles. The first-order chi connectivity index (χ1) is 12.1. The molecule has 2 aromatic rings. The first-order valence-corrected chi connectivity index (χ1v) is 8.66. The molecule has 1 heterocycles. The summed E-state index contributed by atoms with van der Waals surface area (Å²) in [6, 6.07) is 15.5. The predicted molar refractivity (Wildman–Crippen MR) is 103 cm³/mol. The molecule has 1 atom stereocenters. The van der Waals surface area contributed by atoms with Crippen molar-refractivity contribution in [1.82, 2.24) is 0 Å². The lowest BCUT2D eigenvalue weighted by Gasteiger charge is -2.51. The molecule has 0 saturated carbocycles.